The molecular weight excluding hydrogens is 431 g/mol. The Balaban J connectivity index is 1.57. The van der Waals surface area contributed by atoms with E-state index in [2.05, 4.69) is 10.6 Å². The first-order valence-corrected chi connectivity index (χ1v) is 11.3. The number of halogens is 3. The minimum absolute atomic E-state index is 0.0311. The third-order valence-electron chi connectivity index (χ3n) is 6.43. The maximum atomic E-state index is 13.4. The van der Waals surface area contributed by atoms with Gasteiger partial charge in [-0.1, -0.05) is 30.3 Å². The van der Waals surface area contributed by atoms with Gasteiger partial charge in [-0.3, -0.25) is 4.79 Å². The molecule has 1 fully saturated rings. The van der Waals surface area contributed by atoms with Gasteiger partial charge in [-0.2, -0.15) is 13.2 Å². The molecule has 1 unspecified atom stereocenters. The normalized spacial score (nSPS) is 24.5. The molecule has 4 rings (SSSR count). The van der Waals surface area contributed by atoms with Gasteiger partial charge in [-0.15, -0.1) is 0 Å². The number of carbonyl (C=O) groups excluding carboxylic acids is 1. The van der Waals surface area contributed by atoms with Crippen LogP contribution in [0.5, 0.6) is 0 Å². The van der Waals surface area contributed by atoms with Gasteiger partial charge in [0.2, 0.25) is 5.91 Å². The Morgan fingerprint density at radius 2 is 1.91 bits per heavy atom. The zero-order valence-corrected chi connectivity index (χ0v) is 18.9. The smallest absolute Gasteiger partial charge is 0.378 e. The molecule has 1 saturated heterocycles. The van der Waals surface area contributed by atoms with Gasteiger partial charge in [-0.05, 0) is 50.7 Å². The highest BCUT2D eigenvalue weighted by atomic mass is 19.4. The number of carbonyl (C=O) groups is 1. The molecule has 0 saturated carbocycles. The second-order valence-corrected chi connectivity index (χ2v) is 9.11. The number of amides is 1. The van der Waals surface area contributed by atoms with Crippen molar-refractivity contribution < 1.29 is 22.7 Å². The quantitative estimate of drug-likeness (QED) is 0.650. The minimum Gasteiger partial charge on any atom is -0.378 e. The predicted octanol–water partition coefficient (Wildman–Crippen LogP) is 4.78. The van der Waals surface area contributed by atoms with Crippen LogP contribution in [0.3, 0.4) is 0 Å². The number of hydrogen-bond acceptors (Lipinski definition) is 4. The standard InChI is InChI=1S/C25H30F3N3O2/c1-31(2)13-12-29-22(32)15-18-9-10-19-23(16-6-4-3-5-7-16)30-21-11-8-17(25(26,27)28)14-20(21)24(19)33-18/h3-8,11,14,18-19,23-24,30H,9-10,12-13,15H2,1-2H3,(H,29,32)/t18-,19+,23+,24?/m1/s1. The molecule has 1 amide bonds. The number of ether oxygens (including phenoxy) is 1. The summed E-state index contributed by atoms with van der Waals surface area (Å²) in [6.45, 7) is 1.28. The van der Waals surface area contributed by atoms with Crippen molar-refractivity contribution in [2.24, 2.45) is 5.92 Å². The second kappa shape index (κ2) is 9.73. The summed E-state index contributed by atoms with van der Waals surface area (Å²) in [6.07, 6.45) is -3.63. The van der Waals surface area contributed by atoms with Gasteiger partial charge in [-0.25, -0.2) is 0 Å². The van der Waals surface area contributed by atoms with E-state index in [1.165, 1.54) is 12.1 Å². The summed E-state index contributed by atoms with van der Waals surface area (Å²) in [6, 6.07) is 13.6. The molecule has 2 aliphatic rings. The zero-order valence-electron chi connectivity index (χ0n) is 18.9. The second-order valence-electron chi connectivity index (χ2n) is 9.11. The van der Waals surface area contributed by atoms with Crippen molar-refractivity contribution in [3.8, 4) is 0 Å². The number of nitrogens with one attached hydrogen (secondary N) is 2. The van der Waals surface area contributed by atoms with E-state index in [0.717, 1.165) is 24.6 Å². The van der Waals surface area contributed by atoms with Crippen LogP contribution in [0.25, 0.3) is 0 Å². The first-order chi connectivity index (χ1) is 15.7. The number of rotatable bonds is 6. The average Bonchev–Trinajstić information content (AvgIpc) is 2.78. The fraction of sp³-hybridized carbons (Fsp3) is 0.480. The van der Waals surface area contributed by atoms with Crippen LogP contribution >= 0.6 is 0 Å². The summed E-state index contributed by atoms with van der Waals surface area (Å²) in [5.74, 6) is -0.130. The number of alkyl halides is 3. The maximum absolute atomic E-state index is 13.4. The lowest BCUT2D eigenvalue weighted by Crippen LogP contribution is -2.41. The number of benzene rings is 2. The van der Waals surface area contributed by atoms with Crippen LogP contribution in [0.1, 0.15) is 48.1 Å². The van der Waals surface area contributed by atoms with E-state index in [9.17, 15) is 18.0 Å². The minimum atomic E-state index is -4.43. The molecule has 2 aromatic rings. The van der Waals surface area contributed by atoms with Crippen molar-refractivity contribution in [2.75, 3.05) is 32.5 Å². The van der Waals surface area contributed by atoms with Crippen molar-refractivity contribution in [1.82, 2.24) is 10.2 Å². The Hall–Kier alpha value is -2.58. The highest BCUT2D eigenvalue weighted by Crippen LogP contribution is 2.51. The summed E-state index contributed by atoms with van der Waals surface area (Å²) in [4.78, 5) is 14.4. The molecule has 5 nitrogen and oxygen atoms in total. The molecule has 0 radical (unpaired) electrons. The number of likely N-dealkylation sites (N-methyl/N-ethyl adjacent to an activating group) is 1. The molecule has 2 N–H and O–H groups in total. The van der Waals surface area contributed by atoms with Gasteiger partial charge in [0.15, 0.2) is 0 Å². The van der Waals surface area contributed by atoms with E-state index in [4.69, 9.17) is 4.74 Å². The number of nitrogens with zero attached hydrogens (tertiary/aromatic N) is 1. The lowest BCUT2D eigenvalue weighted by molar-refractivity contribution is -0.138. The lowest BCUT2D eigenvalue weighted by Gasteiger charge is -2.45. The molecule has 178 valence electrons. The number of fused-ring (bicyclic) bond motifs is 3. The molecule has 0 bridgehead atoms. The molecule has 0 spiro atoms. The van der Waals surface area contributed by atoms with E-state index in [1.807, 2.05) is 49.3 Å². The van der Waals surface area contributed by atoms with E-state index in [1.54, 1.807) is 0 Å². The fourth-order valence-corrected chi connectivity index (χ4v) is 4.77. The molecule has 0 aliphatic carbocycles. The zero-order chi connectivity index (χ0) is 23.6. The van der Waals surface area contributed by atoms with E-state index < -0.39 is 17.8 Å². The van der Waals surface area contributed by atoms with Crippen molar-refractivity contribution >= 4 is 11.6 Å². The highest BCUT2D eigenvalue weighted by Gasteiger charge is 2.43. The highest BCUT2D eigenvalue weighted by molar-refractivity contribution is 5.76. The average molecular weight is 462 g/mol. The van der Waals surface area contributed by atoms with Crippen molar-refractivity contribution in [3.63, 3.8) is 0 Å². The van der Waals surface area contributed by atoms with Crippen LogP contribution in [0, 0.1) is 5.92 Å². The Morgan fingerprint density at radius 1 is 1.15 bits per heavy atom. The summed E-state index contributed by atoms with van der Waals surface area (Å²) < 4.78 is 46.6. The van der Waals surface area contributed by atoms with E-state index in [0.29, 0.717) is 24.2 Å². The van der Waals surface area contributed by atoms with Gasteiger partial charge in [0.05, 0.1) is 30.2 Å². The van der Waals surface area contributed by atoms with Crippen LogP contribution in [0.4, 0.5) is 18.9 Å². The first kappa shape index (κ1) is 23.6. The van der Waals surface area contributed by atoms with Crippen molar-refractivity contribution in [2.45, 2.75) is 43.7 Å². The summed E-state index contributed by atoms with van der Waals surface area (Å²) >= 11 is 0. The molecule has 33 heavy (non-hydrogen) atoms. The molecule has 8 heteroatoms. The van der Waals surface area contributed by atoms with Crippen LogP contribution in [-0.4, -0.2) is 44.1 Å². The monoisotopic (exact) mass is 461 g/mol. The molecule has 2 aromatic carbocycles. The molecular formula is C25H30F3N3O2. The summed E-state index contributed by atoms with van der Waals surface area (Å²) in [7, 11) is 3.87. The number of anilines is 1. The Kier molecular flexibility index (Phi) is 6.95. The van der Waals surface area contributed by atoms with Gasteiger partial charge < -0.3 is 20.3 Å². The fourth-order valence-electron chi connectivity index (χ4n) is 4.77. The molecule has 0 aromatic heterocycles. The molecule has 2 aliphatic heterocycles. The third-order valence-corrected chi connectivity index (χ3v) is 6.43. The van der Waals surface area contributed by atoms with Crippen molar-refractivity contribution in [3.05, 3.63) is 65.2 Å². The van der Waals surface area contributed by atoms with E-state index >= 15 is 0 Å². The van der Waals surface area contributed by atoms with Crippen LogP contribution in [0.15, 0.2) is 48.5 Å². The van der Waals surface area contributed by atoms with Gasteiger partial charge in [0, 0.05) is 30.3 Å². The van der Waals surface area contributed by atoms with Crippen LogP contribution in [-0.2, 0) is 15.7 Å². The Bertz CT molecular complexity index is 965. The summed E-state index contributed by atoms with van der Waals surface area (Å²) in [5.41, 5.74) is 1.54. The molecule has 2 heterocycles. The molecule has 4 atom stereocenters. The lowest BCUT2D eigenvalue weighted by atomic mass is 9.76. The van der Waals surface area contributed by atoms with Crippen molar-refractivity contribution in [1.29, 1.82) is 0 Å². The van der Waals surface area contributed by atoms with Gasteiger partial charge >= 0.3 is 6.18 Å². The van der Waals surface area contributed by atoms with Gasteiger partial charge in [0.25, 0.3) is 0 Å². The maximum Gasteiger partial charge on any atom is 0.416 e. The van der Waals surface area contributed by atoms with Crippen LogP contribution in [0.2, 0.25) is 0 Å². The van der Waals surface area contributed by atoms with E-state index in [-0.39, 0.29) is 30.4 Å². The first-order valence-electron chi connectivity index (χ1n) is 11.3. The Morgan fingerprint density at radius 3 is 2.61 bits per heavy atom. The summed E-state index contributed by atoms with van der Waals surface area (Å²) in [5, 5.41) is 6.35. The Labute approximate surface area is 192 Å². The third kappa shape index (κ3) is 5.50. The van der Waals surface area contributed by atoms with Crippen LogP contribution < -0.4 is 10.6 Å². The van der Waals surface area contributed by atoms with Gasteiger partial charge in [0.1, 0.15) is 0 Å². The predicted molar refractivity (Wildman–Crippen MR) is 121 cm³/mol. The largest absolute Gasteiger partial charge is 0.416 e. The topological polar surface area (TPSA) is 53.6 Å². The number of hydrogen-bond donors (Lipinski definition) is 2. The SMILES string of the molecule is CN(C)CCNC(=O)C[C@H]1CC[C@@H]2C(O1)c1cc(C(F)(F)F)ccc1N[C@H]2c1ccccc1.